The topological polar surface area (TPSA) is 49.3 Å². The molecule has 1 aliphatic rings. The number of carbonyl (C=O) groups excluding carboxylic acids is 1. The normalized spacial score (nSPS) is 17.5. The van der Waals surface area contributed by atoms with E-state index in [9.17, 15) is 4.79 Å². The maximum Gasteiger partial charge on any atom is 0.261 e. The van der Waals surface area contributed by atoms with Gasteiger partial charge in [-0.25, -0.2) is 0 Å². The van der Waals surface area contributed by atoms with Gasteiger partial charge in [-0.15, -0.1) is 11.3 Å². The molecule has 118 valence electrons. The fraction of sp³-hybridized carbons (Fsp3) is 0.706. The lowest BCUT2D eigenvalue weighted by molar-refractivity contribution is 0.0957. The Labute approximate surface area is 131 Å². The van der Waals surface area contributed by atoms with E-state index < -0.39 is 0 Å². The molecule has 0 saturated heterocycles. The van der Waals surface area contributed by atoms with Crippen LogP contribution in [0.4, 0.5) is 0 Å². The van der Waals surface area contributed by atoms with Crippen molar-refractivity contribution < 1.29 is 9.90 Å². The van der Waals surface area contributed by atoms with Gasteiger partial charge in [-0.1, -0.05) is 26.2 Å². The van der Waals surface area contributed by atoms with Crippen LogP contribution in [0.3, 0.4) is 0 Å². The Morgan fingerprint density at radius 3 is 2.95 bits per heavy atom. The number of aliphatic hydroxyl groups is 1. The van der Waals surface area contributed by atoms with Crippen LogP contribution in [0.5, 0.6) is 0 Å². The van der Waals surface area contributed by atoms with Crippen LogP contribution in [0.2, 0.25) is 0 Å². The average Bonchev–Trinajstić information content (AvgIpc) is 2.93. The second-order valence-corrected chi connectivity index (χ2v) is 7.11. The fourth-order valence-corrected chi connectivity index (χ4v) is 4.06. The molecule has 0 radical (unpaired) electrons. The zero-order chi connectivity index (χ0) is 15.1. The molecule has 1 aromatic heterocycles. The maximum absolute atomic E-state index is 12.2. The number of thiophene rings is 1. The number of hydrogen-bond acceptors (Lipinski definition) is 3. The SMILES string of the molecule is CCC1CCc2sc(C(=O)NCCCCCCO)cc2C1. The molecule has 0 aromatic carbocycles. The van der Waals surface area contributed by atoms with Crippen molar-refractivity contribution in [2.24, 2.45) is 5.92 Å². The molecule has 1 aliphatic carbocycles. The van der Waals surface area contributed by atoms with E-state index in [4.69, 9.17) is 5.11 Å². The molecule has 21 heavy (non-hydrogen) atoms. The summed E-state index contributed by atoms with van der Waals surface area (Å²) in [7, 11) is 0. The predicted molar refractivity (Wildman–Crippen MR) is 88.0 cm³/mol. The van der Waals surface area contributed by atoms with Crippen molar-refractivity contribution in [3.8, 4) is 0 Å². The summed E-state index contributed by atoms with van der Waals surface area (Å²) < 4.78 is 0. The molecule has 1 heterocycles. The molecule has 3 nitrogen and oxygen atoms in total. The fourth-order valence-electron chi connectivity index (χ4n) is 2.94. The highest BCUT2D eigenvalue weighted by Gasteiger charge is 2.21. The molecule has 0 fully saturated rings. The van der Waals surface area contributed by atoms with E-state index in [1.54, 1.807) is 11.3 Å². The maximum atomic E-state index is 12.2. The molecule has 1 atom stereocenters. The first-order chi connectivity index (χ1) is 10.2. The lowest BCUT2D eigenvalue weighted by Crippen LogP contribution is -2.23. The summed E-state index contributed by atoms with van der Waals surface area (Å²) in [6.07, 6.45) is 8.78. The van der Waals surface area contributed by atoms with Gasteiger partial charge in [-0.3, -0.25) is 4.79 Å². The van der Waals surface area contributed by atoms with Crippen LogP contribution >= 0.6 is 11.3 Å². The highest BCUT2D eigenvalue weighted by atomic mass is 32.1. The molecule has 2 N–H and O–H groups in total. The molecule has 0 bridgehead atoms. The summed E-state index contributed by atoms with van der Waals surface area (Å²) in [6, 6.07) is 2.11. The molecule has 1 aromatic rings. The molecule has 4 heteroatoms. The molecule has 0 aliphatic heterocycles. The first-order valence-corrected chi connectivity index (χ1v) is 9.06. The van der Waals surface area contributed by atoms with Crippen LogP contribution in [0.1, 0.15) is 65.6 Å². The standard InChI is InChI=1S/C17H27NO2S/c1-2-13-7-8-15-14(11-13)12-16(21-15)17(20)18-9-5-3-4-6-10-19/h12-13,19H,2-11H2,1H3,(H,18,20). The van der Waals surface area contributed by atoms with Gasteiger partial charge < -0.3 is 10.4 Å². The number of aryl methyl sites for hydroxylation is 1. The predicted octanol–water partition coefficient (Wildman–Crippen LogP) is 3.55. The minimum absolute atomic E-state index is 0.0876. The molecule has 1 unspecified atom stereocenters. The molecular formula is C17H27NO2S. The number of nitrogens with one attached hydrogen (secondary N) is 1. The van der Waals surface area contributed by atoms with Crippen LogP contribution in [0.25, 0.3) is 0 Å². The average molecular weight is 309 g/mol. The summed E-state index contributed by atoms with van der Waals surface area (Å²) in [5.74, 6) is 0.888. The Morgan fingerprint density at radius 2 is 2.19 bits per heavy atom. The van der Waals surface area contributed by atoms with Crippen molar-refractivity contribution in [2.75, 3.05) is 13.2 Å². The number of aliphatic hydroxyl groups excluding tert-OH is 1. The van der Waals surface area contributed by atoms with E-state index in [0.29, 0.717) is 0 Å². The van der Waals surface area contributed by atoms with E-state index in [2.05, 4.69) is 18.3 Å². The van der Waals surface area contributed by atoms with E-state index >= 15 is 0 Å². The van der Waals surface area contributed by atoms with Gasteiger partial charge in [0.1, 0.15) is 0 Å². The quantitative estimate of drug-likeness (QED) is 0.722. The van der Waals surface area contributed by atoms with Crippen LogP contribution in [-0.4, -0.2) is 24.2 Å². The van der Waals surface area contributed by atoms with Crippen LogP contribution in [0.15, 0.2) is 6.07 Å². The third kappa shape index (κ3) is 4.82. The van der Waals surface area contributed by atoms with Crippen molar-refractivity contribution >= 4 is 17.2 Å². The number of unbranched alkanes of at least 4 members (excludes halogenated alkanes) is 3. The van der Waals surface area contributed by atoms with E-state index in [1.807, 2.05) is 0 Å². The number of fused-ring (bicyclic) bond motifs is 1. The van der Waals surface area contributed by atoms with E-state index in [-0.39, 0.29) is 12.5 Å². The Morgan fingerprint density at radius 1 is 1.38 bits per heavy atom. The second-order valence-electron chi connectivity index (χ2n) is 5.97. The summed E-state index contributed by atoms with van der Waals surface area (Å²) in [6.45, 7) is 3.27. The first-order valence-electron chi connectivity index (χ1n) is 8.25. The lowest BCUT2D eigenvalue weighted by atomic mass is 9.87. The highest BCUT2D eigenvalue weighted by molar-refractivity contribution is 7.14. The van der Waals surface area contributed by atoms with E-state index in [0.717, 1.165) is 55.9 Å². The third-order valence-corrected chi connectivity index (χ3v) is 5.59. The zero-order valence-corrected chi connectivity index (χ0v) is 13.8. The molecule has 0 spiro atoms. The van der Waals surface area contributed by atoms with Crippen molar-refractivity contribution in [1.29, 1.82) is 0 Å². The smallest absolute Gasteiger partial charge is 0.261 e. The van der Waals surface area contributed by atoms with Gasteiger partial charge in [0.2, 0.25) is 0 Å². The minimum atomic E-state index is 0.0876. The number of rotatable bonds is 8. The summed E-state index contributed by atoms with van der Waals surface area (Å²) in [5.41, 5.74) is 1.41. The summed E-state index contributed by atoms with van der Waals surface area (Å²) in [4.78, 5) is 14.5. The van der Waals surface area contributed by atoms with Crippen molar-refractivity contribution in [1.82, 2.24) is 5.32 Å². The van der Waals surface area contributed by atoms with Crippen molar-refractivity contribution in [3.05, 3.63) is 21.4 Å². The summed E-state index contributed by atoms with van der Waals surface area (Å²) in [5, 5.41) is 11.7. The largest absolute Gasteiger partial charge is 0.396 e. The van der Waals surface area contributed by atoms with Gasteiger partial charge in [0.25, 0.3) is 5.91 Å². The molecular weight excluding hydrogens is 282 g/mol. The Bertz CT molecular complexity index is 456. The third-order valence-electron chi connectivity index (χ3n) is 4.36. The van der Waals surface area contributed by atoms with Gasteiger partial charge in [-0.2, -0.15) is 0 Å². The molecule has 0 saturated carbocycles. The number of hydrogen-bond donors (Lipinski definition) is 2. The molecule has 1 amide bonds. The van der Waals surface area contributed by atoms with Crippen LogP contribution in [0, 0.1) is 5.92 Å². The lowest BCUT2D eigenvalue weighted by Gasteiger charge is -2.19. The van der Waals surface area contributed by atoms with Gasteiger partial charge in [-0.05, 0) is 49.7 Å². The number of carbonyl (C=O) groups is 1. The first kappa shape index (κ1) is 16.5. The summed E-state index contributed by atoms with van der Waals surface area (Å²) >= 11 is 1.68. The minimum Gasteiger partial charge on any atom is -0.396 e. The van der Waals surface area contributed by atoms with Gasteiger partial charge >= 0.3 is 0 Å². The monoisotopic (exact) mass is 309 g/mol. The zero-order valence-electron chi connectivity index (χ0n) is 13.0. The van der Waals surface area contributed by atoms with Gasteiger partial charge in [0, 0.05) is 18.0 Å². The second kappa shape index (κ2) is 8.54. The van der Waals surface area contributed by atoms with Crippen molar-refractivity contribution in [2.45, 2.75) is 58.3 Å². The Kier molecular flexibility index (Phi) is 6.71. The number of amides is 1. The van der Waals surface area contributed by atoms with Gasteiger partial charge in [0.15, 0.2) is 0 Å². The Hall–Kier alpha value is -0.870. The van der Waals surface area contributed by atoms with Crippen LogP contribution in [-0.2, 0) is 12.8 Å². The van der Waals surface area contributed by atoms with Gasteiger partial charge in [0.05, 0.1) is 4.88 Å². The van der Waals surface area contributed by atoms with Crippen molar-refractivity contribution in [3.63, 3.8) is 0 Å². The van der Waals surface area contributed by atoms with Crippen LogP contribution < -0.4 is 5.32 Å². The molecule has 2 rings (SSSR count). The Balaban J connectivity index is 1.77. The highest BCUT2D eigenvalue weighted by Crippen LogP contribution is 2.33. The van der Waals surface area contributed by atoms with E-state index in [1.165, 1.54) is 23.3 Å².